The minimum atomic E-state index is -1.52. The van der Waals surface area contributed by atoms with Gasteiger partial charge in [-0.1, -0.05) is 60.7 Å². The van der Waals surface area contributed by atoms with Crippen molar-refractivity contribution in [3.05, 3.63) is 88.9 Å². The lowest BCUT2D eigenvalue weighted by atomic mass is 9.80. The van der Waals surface area contributed by atoms with Gasteiger partial charge in [-0.05, 0) is 45.2 Å². The standard InChI is InChI=1S/C28H35N3O5S/c1-21(30-25(32)35-20-37-16-15-29-19-37)28(34,23-13-9-6-10-14-23)18-24(17-22-11-7-5-8-12-22)31-26(33)36-27(2,3)4/h5-16,19,21,24,34H,17-18,20H2,1-4H3,(H-,30,31,32,33)/p+1/t21-,24-,28+,37?/m0/s1. The fraction of sp³-hybridized carbons (Fsp3) is 0.393. The van der Waals surface area contributed by atoms with E-state index in [1.54, 1.807) is 51.5 Å². The largest absolute Gasteiger partial charge is 0.444 e. The van der Waals surface area contributed by atoms with E-state index >= 15 is 0 Å². The van der Waals surface area contributed by atoms with Gasteiger partial charge >= 0.3 is 12.2 Å². The Morgan fingerprint density at radius 2 is 1.65 bits per heavy atom. The number of benzene rings is 2. The number of nitrogens with zero attached hydrogens (tertiary/aromatic N) is 1. The summed E-state index contributed by atoms with van der Waals surface area (Å²) in [6.45, 7) is 7.11. The van der Waals surface area contributed by atoms with Gasteiger partial charge < -0.3 is 25.2 Å². The van der Waals surface area contributed by atoms with Crippen LogP contribution in [-0.2, 0) is 27.4 Å². The van der Waals surface area contributed by atoms with E-state index in [0.29, 0.717) is 12.0 Å². The van der Waals surface area contributed by atoms with Crippen molar-refractivity contribution in [2.75, 3.05) is 0 Å². The molecule has 0 aliphatic heterocycles. The predicted octanol–water partition coefficient (Wildman–Crippen LogP) is 5.32. The van der Waals surface area contributed by atoms with Crippen LogP contribution in [-0.4, -0.2) is 40.0 Å². The predicted molar refractivity (Wildman–Crippen MR) is 144 cm³/mol. The lowest BCUT2D eigenvalue weighted by Gasteiger charge is -2.38. The van der Waals surface area contributed by atoms with Gasteiger partial charge in [0, 0.05) is 22.9 Å². The van der Waals surface area contributed by atoms with Gasteiger partial charge in [0.05, 0.1) is 12.2 Å². The third-order valence-electron chi connectivity index (χ3n) is 5.77. The van der Waals surface area contributed by atoms with E-state index < -0.39 is 35.5 Å². The number of ether oxygens (including phenoxy) is 2. The van der Waals surface area contributed by atoms with Gasteiger partial charge in [0.25, 0.3) is 5.94 Å². The Labute approximate surface area is 221 Å². The van der Waals surface area contributed by atoms with Crippen LogP contribution in [0, 0.1) is 0 Å². The number of amides is 2. The van der Waals surface area contributed by atoms with Crippen LogP contribution in [0.5, 0.6) is 0 Å². The van der Waals surface area contributed by atoms with Crippen molar-refractivity contribution in [3.8, 4) is 0 Å². The lowest BCUT2D eigenvalue weighted by Crippen LogP contribution is -2.53. The highest BCUT2D eigenvalue weighted by atomic mass is 32.2. The first-order chi connectivity index (χ1) is 17.5. The summed E-state index contributed by atoms with van der Waals surface area (Å²) in [6.07, 6.45) is 1.04. The average Bonchev–Trinajstić information content (AvgIpc) is 3.36. The quantitative estimate of drug-likeness (QED) is 0.309. The summed E-state index contributed by atoms with van der Waals surface area (Å²) in [5.74, 6) is 0.180. The lowest BCUT2D eigenvalue weighted by molar-refractivity contribution is -0.0163. The summed E-state index contributed by atoms with van der Waals surface area (Å²) >= 11 is 0. The molecule has 8 nitrogen and oxygen atoms in total. The van der Waals surface area contributed by atoms with Crippen LogP contribution in [0.4, 0.5) is 9.59 Å². The van der Waals surface area contributed by atoms with Crippen LogP contribution in [0.3, 0.4) is 0 Å². The van der Waals surface area contributed by atoms with Crippen molar-refractivity contribution in [3.63, 3.8) is 0 Å². The first kappa shape index (κ1) is 28.1. The second-order valence-corrected chi connectivity index (χ2v) is 11.6. The molecule has 3 aromatic rings. The van der Waals surface area contributed by atoms with E-state index in [0.717, 1.165) is 5.56 Å². The molecule has 0 fully saturated rings. The van der Waals surface area contributed by atoms with Gasteiger partial charge in [0.1, 0.15) is 11.2 Å². The second-order valence-electron chi connectivity index (χ2n) is 9.95. The topological polar surface area (TPSA) is 110 Å². The molecule has 0 radical (unpaired) electrons. The molecule has 3 N–H and O–H groups in total. The van der Waals surface area contributed by atoms with Crippen molar-refractivity contribution in [1.82, 2.24) is 15.6 Å². The van der Waals surface area contributed by atoms with Crippen molar-refractivity contribution in [2.45, 2.75) is 69.8 Å². The Morgan fingerprint density at radius 1 is 1.00 bits per heavy atom. The van der Waals surface area contributed by atoms with Crippen LogP contribution in [0.1, 0.15) is 45.2 Å². The number of hydrogen-bond donors (Lipinski definition) is 3. The molecule has 0 aliphatic carbocycles. The van der Waals surface area contributed by atoms with Crippen molar-refractivity contribution in [1.29, 1.82) is 0 Å². The maximum absolute atomic E-state index is 12.7. The average molecular weight is 527 g/mol. The molecule has 3 rings (SSSR count). The highest BCUT2D eigenvalue weighted by Crippen LogP contribution is 2.32. The molecule has 0 bridgehead atoms. The Balaban J connectivity index is 1.82. The van der Waals surface area contributed by atoms with Crippen LogP contribution >= 0.6 is 10.5 Å². The Morgan fingerprint density at radius 3 is 2.24 bits per heavy atom. The molecule has 0 saturated carbocycles. The molecule has 0 aliphatic rings. The minimum Gasteiger partial charge on any atom is -0.444 e. The number of hydrogen-bond acceptors (Lipinski definition) is 6. The van der Waals surface area contributed by atoms with Gasteiger partial charge in [0.2, 0.25) is 5.51 Å². The number of carbonyl (C=O) groups excluding carboxylic acids is 2. The van der Waals surface area contributed by atoms with E-state index in [-0.39, 0.29) is 22.8 Å². The number of aromatic nitrogens is 1. The Hall–Kier alpha value is -3.43. The second kappa shape index (κ2) is 12.7. The van der Waals surface area contributed by atoms with E-state index in [4.69, 9.17) is 9.47 Å². The molecule has 198 valence electrons. The fourth-order valence-electron chi connectivity index (χ4n) is 3.98. The molecular weight excluding hydrogens is 490 g/mol. The summed E-state index contributed by atoms with van der Waals surface area (Å²) in [6, 6.07) is 17.6. The number of aliphatic hydroxyl groups is 1. The Kier molecular flexibility index (Phi) is 9.66. The highest BCUT2D eigenvalue weighted by molar-refractivity contribution is 7.27. The van der Waals surface area contributed by atoms with Crippen LogP contribution in [0.25, 0.3) is 0 Å². The first-order valence-electron chi connectivity index (χ1n) is 12.2. The number of alkyl carbamates (subject to hydrolysis) is 2. The Bertz CT molecular complexity index is 1120. The van der Waals surface area contributed by atoms with Crippen LogP contribution < -0.4 is 10.6 Å². The summed E-state index contributed by atoms with van der Waals surface area (Å²) in [5.41, 5.74) is 1.14. The molecule has 1 aromatic heterocycles. The summed E-state index contributed by atoms with van der Waals surface area (Å²) in [5, 5.41) is 19.7. The van der Waals surface area contributed by atoms with Crippen molar-refractivity contribution in [2.24, 2.45) is 0 Å². The zero-order valence-corrected chi connectivity index (χ0v) is 22.5. The van der Waals surface area contributed by atoms with Gasteiger partial charge in [-0.15, -0.1) is 0 Å². The maximum atomic E-state index is 12.7. The number of nitrogens with one attached hydrogen (secondary N) is 2. The molecule has 9 heteroatoms. The van der Waals surface area contributed by atoms with Crippen molar-refractivity contribution < 1.29 is 24.2 Å². The molecule has 1 unspecified atom stereocenters. The SMILES string of the molecule is C[C@H](NC(=O)OC[s+]1ccnc1)[C@](O)(C[C@H](Cc1ccccc1)NC(=O)OC(C)(C)C)c1ccccc1. The third kappa shape index (κ3) is 8.87. The van der Waals surface area contributed by atoms with Crippen LogP contribution in [0.2, 0.25) is 0 Å². The molecule has 4 atom stereocenters. The third-order valence-corrected chi connectivity index (χ3v) is 7.03. The molecular formula is C28H36N3O5S+. The summed E-state index contributed by atoms with van der Waals surface area (Å²) in [4.78, 5) is 29.3. The monoisotopic (exact) mass is 526 g/mol. The van der Waals surface area contributed by atoms with Gasteiger partial charge in [0.15, 0.2) is 5.38 Å². The zero-order valence-electron chi connectivity index (χ0n) is 21.7. The number of rotatable bonds is 10. The van der Waals surface area contributed by atoms with Crippen molar-refractivity contribution >= 4 is 22.7 Å². The molecule has 0 spiro atoms. The zero-order chi connectivity index (χ0) is 26.9. The van der Waals surface area contributed by atoms with Gasteiger partial charge in [-0.2, -0.15) is 0 Å². The minimum absolute atomic E-state index is 0.117. The maximum Gasteiger partial charge on any atom is 0.411 e. The first-order valence-corrected chi connectivity index (χ1v) is 13.7. The number of thiazole rings is 1. The van der Waals surface area contributed by atoms with Gasteiger partial charge in [-0.25, -0.2) is 14.6 Å². The van der Waals surface area contributed by atoms with E-state index in [2.05, 4.69) is 15.6 Å². The van der Waals surface area contributed by atoms with Gasteiger partial charge in [-0.3, -0.25) is 0 Å². The van der Waals surface area contributed by atoms with E-state index in [9.17, 15) is 14.7 Å². The molecule has 37 heavy (non-hydrogen) atoms. The van der Waals surface area contributed by atoms with E-state index in [1.807, 2.05) is 53.9 Å². The number of carbonyl (C=O) groups is 2. The molecule has 0 saturated heterocycles. The summed E-state index contributed by atoms with van der Waals surface area (Å²) < 4.78 is 10.9. The highest BCUT2D eigenvalue weighted by Gasteiger charge is 2.40. The normalized spacial score (nSPS) is 15.1. The van der Waals surface area contributed by atoms with Crippen LogP contribution in [0.15, 0.2) is 77.8 Å². The molecule has 2 aromatic carbocycles. The van der Waals surface area contributed by atoms with E-state index in [1.165, 1.54) is 0 Å². The summed E-state index contributed by atoms with van der Waals surface area (Å²) in [7, 11) is -0.346. The smallest absolute Gasteiger partial charge is 0.411 e. The fourth-order valence-corrected chi connectivity index (χ4v) is 4.89. The molecule has 2 amide bonds. The molecule has 1 heterocycles.